The smallest absolute Gasteiger partial charge is 0.323 e. The van der Waals surface area contributed by atoms with Gasteiger partial charge in [0.1, 0.15) is 6.54 Å². The number of rotatable bonds is 5. The zero-order chi connectivity index (χ0) is 22.5. The van der Waals surface area contributed by atoms with Gasteiger partial charge in [-0.2, -0.15) is 0 Å². The Kier molecular flexibility index (Phi) is 4.93. The molecule has 2 aliphatic heterocycles. The highest BCUT2D eigenvalue weighted by molar-refractivity contribution is 6.32. The molecule has 1 unspecified atom stereocenters. The number of benzene rings is 2. The molecule has 2 aliphatic rings. The normalized spacial score (nSPS) is 20.0. The van der Waals surface area contributed by atoms with Crippen LogP contribution in [0.2, 0.25) is 5.02 Å². The minimum absolute atomic E-state index is 0.0122. The van der Waals surface area contributed by atoms with Crippen molar-refractivity contribution in [1.82, 2.24) is 4.90 Å². The molecule has 0 radical (unpaired) electrons. The number of methoxy groups -OCH3 is 1. The molecule has 2 aromatic rings. The first-order valence-electron chi connectivity index (χ1n) is 9.20. The molecule has 1 saturated heterocycles. The van der Waals surface area contributed by atoms with Gasteiger partial charge in [0.2, 0.25) is 17.7 Å². The predicted octanol–water partition coefficient (Wildman–Crippen LogP) is 2.12. The average Bonchev–Trinajstić information content (AvgIpc) is 3.09. The lowest BCUT2D eigenvalue weighted by Gasteiger charge is -2.22. The van der Waals surface area contributed by atoms with Gasteiger partial charge in [-0.05, 0) is 35.9 Å². The van der Waals surface area contributed by atoms with Crippen LogP contribution in [-0.2, 0) is 31.1 Å². The molecule has 160 valence electrons. The number of aliphatic carboxylic acids is 1. The standard InChI is InChI=1S/C21H16ClFN2O6/c1-31-16-5-2-11(6-14(16)23)9-25-17(26)8-21(20(25)30)13-7-12(22)3-4-15(13)24(19(21)29)10-18(27)28/h2-7H,8-10H2,1H3,(H,27,28). The van der Waals surface area contributed by atoms with Crippen LogP contribution in [0.4, 0.5) is 10.1 Å². The van der Waals surface area contributed by atoms with Crippen molar-refractivity contribution in [3.05, 3.63) is 58.4 Å². The van der Waals surface area contributed by atoms with E-state index >= 15 is 0 Å². The Morgan fingerprint density at radius 3 is 2.52 bits per heavy atom. The van der Waals surface area contributed by atoms with E-state index in [1.54, 1.807) is 0 Å². The lowest BCUT2D eigenvalue weighted by molar-refractivity contribution is -0.143. The quantitative estimate of drug-likeness (QED) is 0.557. The third-order valence-electron chi connectivity index (χ3n) is 5.50. The van der Waals surface area contributed by atoms with E-state index in [0.717, 1.165) is 15.9 Å². The second-order valence-electron chi connectivity index (χ2n) is 7.28. The Labute approximate surface area is 180 Å². The summed E-state index contributed by atoms with van der Waals surface area (Å²) in [7, 11) is 1.31. The molecule has 1 fully saturated rings. The number of carbonyl (C=O) groups excluding carboxylic acids is 3. The molecule has 0 aliphatic carbocycles. The first-order valence-corrected chi connectivity index (χ1v) is 9.58. The van der Waals surface area contributed by atoms with E-state index in [-0.39, 0.29) is 28.6 Å². The molecule has 1 atom stereocenters. The fourth-order valence-electron chi connectivity index (χ4n) is 4.10. The maximum atomic E-state index is 14.0. The van der Waals surface area contributed by atoms with Crippen molar-refractivity contribution >= 4 is 41.0 Å². The van der Waals surface area contributed by atoms with Crippen molar-refractivity contribution in [2.45, 2.75) is 18.4 Å². The van der Waals surface area contributed by atoms with Crippen molar-refractivity contribution < 1.29 is 33.4 Å². The van der Waals surface area contributed by atoms with E-state index in [0.29, 0.717) is 5.56 Å². The fraction of sp³-hybridized carbons (Fsp3) is 0.238. The molecule has 10 heteroatoms. The number of hydrogen-bond acceptors (Lipinski definition) is 5. The van der Waals surface area contributed by atoms with Gasteiger partial charge in [-0.25, -0.2) is 4.39 Å². The molecule has 1 spiro atoms. The van der Waals surface area contributed by atoms with Gasteiger partial charge in [0.15, 0.2) is 17.0 Å². The molecule has 2 aromatic carbocycles. The van der Waals surface area contributed by atoms with Crippen LogP contribution in [0.5, 0.6) is 5.75 Å². The predicted molar refractivity (Wildman–Crippen MR) is 106 cm³/mol. The Balaban J connectivity index is 1.74. The zero-order valence-electron chi connectivity index (χ0n) is 16.2. The summed E-state index contributed by atoms with van der Waals surface area (Å²) in [6, 6.07) is 8.34. The summed E-state index contributed by atoms with van der Waals surface area (Å²) in [4.78, 5) is 52.6. The molecule has 0 aromatic heterocycles. The van der Waals surface area contributed by atoms with E-state index in [9.17, 15) is 28.7 Å². The number of anilines is 1. The van der Waals surface area contributed by atoms with Gasteiger partial charge in [0, 0.05) is 16.3 Å². The van der Waals surface area contributed by atoms with E-state index in [2.05, 4.69) is 0 Å². The molecule has 0 bridgehead atoms. The Morgan fingerprint density at radius 1 is 1.16 bits per heavy atom. The van der Waals surface area contributed by atoms with E-state index < -0.39 is 47.9 Å². The van der Waals surface area contributed by atoms with Gasteiger partial charge in [-0.3, -0.25) is 29.0 Å². The SMILES string of the molecule is COc1ccc(CN2C(=O)CC3(C2=O)C(=O)N(CC(=O)O)c2ccc(Cl)cc23)cc1F. The van der Waals surface area contributed by atoms with Crippen molar-refractivity contribution in [1.29, 1.82) is 0 Å². The summed E-state index contributed by atoms with van der Waals surface area (Å²) >= 11 is 6.07. The first-order chi connectivity index (χ1) is 14.7. The zero-order valence-corrected chi connectivity index (χ0v) is 17.0. The highest BCUT2D eigenvalue weighted by Gasteiger charge is 2.63. The third kappa shape index (κ3) is 3.12. The second-order valence-corrected chi connectivity index (χ2v) is 7.72. The molecule has 31 heavy (non-hydrogen) atoms. The number of carbonyl (C=O) groups is 4. The van der Waals surface area contributed by atoms with Crippen LogP contribution in [0, 0.1) is 5.82 Å². The highest BCUT2D eigenvalue weighted by atomic mass is 35.5. The number of halogens is 2. The number of nitrogens with zero attached hydrogens (tertiary/aromatic N) is 2. The van der Waals surface area contributed by atoms with Gasteiger partial charge in [-0.1, -0.05) is 17.7 Å². The monoisotopic (exact) mass is 446 g/mol. The van der Waals surface area contributed by atoms with Crippen molar-refractivity contribution in [2.24, 2.45) is 0 Å². The molecule has 0 saturated carbocycles. The molecule has 3 amide bonds. The van der Waals surface area contributed by atoms with Crippen molar-refractivity contribution in [3.63, 3.8) is 0 Å². The minimum atomic E-state index is -1.89. The Morgan fingerprint density at radius 2 is 1.87 bits per heavy atom. The first kappa shape index (κ1) is 20.8. The van der Waals surface area contributed by atoms with Gasteiger partial charge in [0.25, 0.3) is 0 Å². The van der Waals surface area contributed by atoms with Crippen LogP contribution in [0.3, 0.4) is 0 Å². The van der Waals surface area contributed by atoms with Gasteiger partial charge >= 0.3 is 5.97 Å². The number of ether oxygens (including phenoxy) is 1. The highest BCUT2D eigenvalue weighted by Crippen LogP contribution is 2.49. The number of carboxylic acids is 1. The average molecular weight is 447 g/mol. The maximum Gasteiger partial charge on any atom is 0.323 e. The summed E-state index contributed by atoms with van der Waals surface area (Å²) in [5.41, 5.74) is -1.16. The van der Waals surface area contributed by atoms with Crippen LogP contribution >= 0.6 is 11.6 Å². The molecule has 2 heterocycles. The molecular formula is C21H16ClFN2O6. The molecule has 1 N–H and O–H groups in total. The van der Waals surface area contributed by atoms with Gasteiger partial charge in [0.05, 0.1) is 20.1 Å². The minimum Gasteiger partial charge on any atom is -0.494 e. The van der Waals surface area contributed by atoms with E-state index in [4.69, 9.17) is 16.3 Å². The molecule has 8 nitrogen and oxygen atoms in total. The van der Waals surface area contributed by atoms with Crippen LogP contribution in [0.25, 0.3) is 0 Å². The third-order valence-corrected chi connectivity index (χ3v) is 5.73. The number of likely N-dealkylation sites (tertiary alicyclic amines) is 1. The number of amides is 3. The molecular weight excluding hydrogens is 431 g/mol. The summed E-state index contributed by atoms with van der Waals surface area (Å²) in [6.45, 7) is -0.914. The van der Waals surface area contributed by atoms with Crippen molar-refractivity contribution in [3.8, 4) is 5.75 Å². The largest absolute Gasteiger partial charge is 0.494 e. The summed E-state index contributed by atoms with van der Waals surface area (Å²) < 4.78 is 18.9. The van der Waals surface area contributed by atoms with Crippen LogP contribution in [0.1, 0.15) is 17.5 Å². The fourth-order valence-corrected chi connectivity index (χ4v) is 4.27. The van der Waals surface area contributed by atoms with E-state index in [1.807, 2.05) is 0 Å². The maximum absolute atomic E-state index is 14.0. The number of hydrogen-bond donors (Lipinski definition) is 1. The number of carboxylic acid groups (broad SMARTS) is 1. The summed E-state index contributed by atoms with van der Waals surface area (Å²) in [5, 5.41) is 9.44. The van der Waals surface area contributed by atoms with Gasteiger partial charge in [-0.15, -0.1) is 0 Å². The van der Waals surface area contributed by atoms with E-state index in [1.165, 1.54) is 37.4 Å². The van der Waals surface area contributed by atoms with Crippen LogP contribution in [-0.4, -0.2) is 47.4 Å². The second kappa shape index (κ2) is 7.35. The Bertz CT molecular complexity index is 1150. The lowest BCUT2D eigenvalue weighted by atomic mass is 9.80. The lowest BCUT2D eigenvalue weighted by Crippen LogP contribution is -2.47. The summed E-state index contributed by atoms with van der Waals surface area (Å²) in [5.74, 6) is -4.14. The van der Waals surface area contributed by atoms with Gasteiger partial charge < -0.3 is 9.84 Å². The topological polar surface area (TPSA) is 104 Å². The van der Waals surface area contributed by atoms with Crippen LogP contribution in [0.15, 0.2) is 36.4 Å². The van der Waals surface area contributed by atoms with Crippen LogP contribution < -0.4 is 9.64 Å². The van der Waals surface area contributed by atoms with Crippen molar-refractivity contribution in [2.75, 3.05) is 18.6 Å². The number of fused-ring (bicyclic) bond motifs is 2. The Hall–Kier alpha value is -3.46. The summed E-state index contributed by atoms with van der Waals surface area (Å²) in [6.07, 6.45) is -0.466. The molecule has 4 rings (SSSR count). The number of imide groups is 1.